The van der Waals surface area contributed by atoms with E-state index in [0.29, 0.717) is 52.2 Å². The summed E-state index contributed by atoms with van der Waals surface area (Å²) in [7, 11) is 0. The van der Waals surface area contributed by atoms with Crippen molar-refractivity contribution >= 4 is 17.6 Å². The van der Waals surface area contributed by atoms with Crippen molar-refractivity contribution in [3.8, 4) is 0 Å². The fraction of sp³-hybridized carbons (Fsp3) is 0.600. The molecule has 6 nitrogen and oxygen atoms in total. The summed E-state index contributed by atoms with van der Waals surface area (Å²) in [5.41, 5.74) is 1.80. The van der Waals surface area contributed by atoms with E-state index in [-0.39, 0.29) is 17.9 Å². The van der Waals surface area contributed by atoms with Crippen LogP contribution in [-0.4, -0.2) is 54.5 Å². The van der Waals surface area contributed by atoms with Crippen LogP contribution in [0.5, 0.6) is 0 Å². The van der Waals surface area contributed by atoms with Gasteiger partial charge in [0.05, 0.1) is 6.61 Å². The highest BCUT2D eigenvalue weighted by atomic mass is 16.5. The van der Waals surface area contributed by atoms with Gasteiger partial charge in [0.25, 0.3) is 0 Å². The van der Waals surface area contributed by atoms with Crippen LogP contribution >= 0.6 is 0 Å². The summed E-state index contributed by atoms with van der Waals surface area (Å²) >= 11 is 0. The third kappa shape index (κ3) is 5.21. The van der Waals surface area contributed by atoms with Gasteiger partial charge in [-0.3, -0.25) is 4.79 Å². The highest BCUT2D eigenvalue weighted by Gasteiger charge is 2.29. The van der Waals surface area contributed by atoms with Gasteiger partial charge < -0.3 is 19.9 Å². The normalized spacial score (nSPS) is 15.0. The van der Waals surface area contributed by atoms with Crippen molar-refractivity contribution in [2.75, 3.05) is 38.1 Å². The predicted molar refractivity (Wildman–Crippen MR) is 103 cm³/mol. The van der Waals surface area contributed by atoms with Gasteiger partial charge in [0.1, 0.15) is 0 Å². The molecule has 0 aliphatic carbocycles. The number of para-hydroxylation sites is 1. The second-order valence-corrected chi connectivity index (χ2v) is 6.50. The monoisotopic (exact) mass is 361 g/mol. The SMILES string of the molecule is CCOCc1ccccc1NC(=O)C1CCN(C(=O)N(CC)CC)CC1. The third-order valence-electron chi connectivity index (χ3n) is 4.91. The minimum atomic E-state index is -0.0593. The molecular weight excluding hydrogens is 330 g/mol. The van der Waals surface area contributed by atoms with Crippen molar-refractivity contribution in [1.82, 2.24) is 9.80 Å². The molecule has 26 heavy (non-hydrogen) atoms. The fourth-order valence-corrected chi connectivity index (χ4v) is 3.24. The van der Waals surface area contributed by atoms with E-state index in [1.807, 2.05) is 54.8 Å². The molecule has 0 aromatic heterocycles. The molecule has 0 saturated carbocycles. The van der Waals surface area contributed by atoms with Crippen molar-refractivity contribution in [2.24, 2.45) is 5.92 Å². The number of ether oxygens (including phenoxy) is 1. The van der Waals surface area contributed by atoms with Crippen molar-refractivity contribution in [3.05, 3.63) is 29.8 Å². The van der Waals surface area contributed by atoms with E-state index < -0.39 is 0 Å². The first-order valence-corrected chi connectivity index (χ1v) is 9.61. The number of hydrogen-bond donors (Lipinski definition) is 1. The van der Waals surface area contributed by atoms with E-state index in [0.717, 1.165) is 11.3 Å². The van der Waals surface area contributed by atoms with Gasteiger partial charge in [0.2, 0.25) is 5.91 Å². The number of urea groups is 1. The van der Waals surface area contributed by atoms with Crippen molar-refractivity contribution in [3.63, 3.8) is 0 Å². The van der Waals surface area contributed by atoms with Crippen molar-refractivity contribution in [1.29, 1.82) is 0 Å². The van der Waals surface area contributed by atoms with E-state index >= 15 is 0 Å². The second-order valence-electron chi connectivity index (χ2n) is 6.50. The predicted octanol–water partition coefficient (Wildman–Crippen LogP) is 3.34. The number of piperidine rings is 1. The Bertz CT molecular complexity index is 594. The van der Waals surface area contributed by atoms with Crippen molar-refractivity contribution < 1.29 is 14.3 Å². The van der Waals surface area contributed by atoms with E-state index in [1.54, 1.807) is 0 Å². The number of rotatable bonds is 7. The topological polar surface area (TPSA) is 61.9 Å². The summed E-state index contributed by atoms with van der Waals surface area (Å²) in [6.07, 6.45) is 1.40. The average molecular weight is 361 g/mol. The van der Waals surface area contributed by atoms with Gasteiger partial charge in [-0.25, -0.2) is 4.79 Å². The summed E-state index contributed by atoms with van der Waals surface area (Å²) in [5, 5.41) is 3.05. The average Bonchev–Trinajstić information content (AvgIpc) is 2.68. The number of nitrogens with one attached hydrogen (secondary N) is 1. The molecule has 0 bridgehead atoms. The van der Waals surface area contributed by atoms with Crippen LogP contribution in [0.4, 0.5) is 10.5 Å². The van der Waals surface area contributed by atoms with Crippen LogP contribution in [0.15, 0.2) is 24.3 Å². The Morgan fingerprint density at radius 1 is 1.15 bits per heavy atom. The highest BCUT2D eigenvalue weighted by molar-refractivity contribution is 5.93. The maximum absolute atomic E-state index is 12.7. The number of likely N-dealkylation sites (tertiary alicyclic amines) is 1. The molecule has 6 heteroatoms. The summed E-state index contributed by atoms with van der Waals surface area (Å²) in [5.74, 6) is -0.0280. The number of amides is 3. The maximum Gasteiger partial charge on any atom is 0.319 e. The van der Waals surface area contributed by atoms with E-state index in [1.165, 1.54) is 0 Å². The molecular formula is C20H31N3O3. The molecule has 3 amide bonds. The lowest BCUT2D eigenvalue weighted by atomic mass is 9.95. The summed E-state index contributed by atoms with van der Waals surface area (Å²) in [4.78, 5) is 28.7. The van der Waals surface area contributed by atoms with Crippen LogP contribution in [-0.2, 0) is 16.1 Å². The Hall–Kier alpha value is -2.08. The van der Waals surface area contributed by atoms with Gasteiger partial charge in [-0.15, -0.1) is 0 Å². The van der Waals surface area contributed by atoms with Crippen LogP contribution in [0.25, 0.3) is 0 Å². The molecule has 0 radical (unpaired) electrons. The van der Waals surface area contributed by atoms with Crippen LogP contribution in [0.2, 0.25) is 0 Å². The zero-order valence-corrected chi connectivity index (χ0v) is 16.2. The highest BCUT2D eigenvalue weighted by Crippen LogP contribution is 2.22. The molecule has 0 atom stereocenters. The molecule has 1 aliphatic rings. The summed E-state index contributed by atoms with van der Waals surface area (Å²) in [6.45, 7) is 9.75. The maximum atomic E-state index is 12.7. The fourth-order valence-electron chi connectivity index (χ4n) is 3.24. The van der Waals surface area contributed by atoms with Gasteiger partial charge in [-0.05, 0) is 39.7 Å². The van der Waals surface area contributed by atoms with Crippen LogP contribution < -0.4 is 5.32 Å². The van der Waals surface area contributed by atoms with Crippen molar-refractivity contribution in [2.45, 2.75) is 40.2 Å². The van der Waals surface area contributed by atoms with E-state index in [9.17, 15) is 9.59 Å². The van der Waals surface area contributed by atoms with E-state index in [4.69, 9.17) is 4.74 Å². The number of carbonyl (C=O) groups is 2. The number of hydrogen-bond acceptors (Lipinski definition) is 3. The summed E-state index contributed by atoms with van der Waals surface area (Å²) in [6, 6.07) is 7.82. The van der Waals surface area contributed by atoms with Crippen LogP contribution in [0, 0.1) is 5.92 Å². The first kappa shape index (κ1) is 20.2. The minimum absolute atomic E-state index is 0.0314. The lowest BCUT2D eigenvalue weighted by Gasteiger charge is -2.34. The molecule has 0 spiro atoms. The molecule has 1 aromatic carbocycles. The minimum Gasteiger partial charge on any atom is -0.377 e. The van der Waals surface area contributed by atoms with Gasteiger partial charge in [-0.2, -0.15) is 0 Å². The Morgan fingerprint density at radius 3 is 2.42 bits per heavy atom. The standard InChI is InChI=1S/C20H31N3O3/c1-4-22(5-2)20(25)23-13-11-16(12-14-23)19(24)21-18-10-8-7-9-17(18)15-26-6-3/h7-10,16H,4-6,11-15H2,1-3H3,(H,21,24). The Kier molecular flexibility index (Phi) is 7.91. The number of benzene rings is 1. The molecule has 1 heterocycles. The van der Waals surface area contributed by atoms with Gasteiger partial charge in [0, 0.05) is 50.0 Å². The first-order chi connectivity index (χ1) is 12.6. The quantitative estimate of drug-likeness (QED) is 0.810. The lowest BCUT2D eigenvalue weighted by Crippen LogP contribution is -2.47. The molecule has 1 fully saturated rings. The molecule has 1 aliphatic heterocycles. The summed E-state index contributed by atoms with van der Waals surface area (Å²) < 4.78 is 5.47. The first-order valence-electron chi connectivity index (χ1n) is 9.61. The zero-order chi connectivity index (χ0) is 18.9. The van der Waals surface area contributed by atoms with Crippen LogP contribution in [0.3, 0.4) is 0 Å². The smallest absolute Gasteiger partial charge is 0.319 e. The zero-order valence-electron chi connectivity index (χ0n) is 16.2. The molecule has 1 saturated heterocycles. The Labute approximate surface area is 156 Å². The van der Waals surface area contributed by atoms with Gasteiger partial charge in [-0.1, -0.05) is 18.2 Å². The van der Waals surface area contributed by atoms with E-state index in [2.05, 4.69) is 5.32 Å². The third-order valence-corrected chi connectivity index (χ3v) is 4.91. The molecule has 1 aromatic rings. The number of nitrogens with zero attached hydrogens (tertiary/aromatic N) is 2. The Balaban J connectivity index is 1.90. The number of anilines is 1. The van der Waals surface area contributed by atoms with Gasteiger partial charge >= 0.3 is 6.03 Å². The second kappa shape index (κ2) is 10.2. The van der Waals surface area contributed by atoms with Gasteiger partial charge in [0.15, 0.2) is 0 Å². The number of carbonyl (C=O) groups excluding carboxylic acids is 2. The lowest BCUT2D eigenvalue weighted by molar-refractivity contribution is -0.121. The largest absolute Gasteiger partial charge is 0.377 e. The molecule has 144 valence electrons. The molecule has 1 N–H and O–H groups in total. The Morgan fingerprint density at radius 2 is 1.81 bits per heavy atom. The van der Waals surface area contributed by atoms with Crippen LogP contribution in [0.1, 0.15) is 39.2 Å². The molecule has 0 unspecified atom stereocenters. The molecule has 2 rings (SSSR count).